The van der Waals surface area contributed by atoms with Gasteiger partial charge in [-0.1, -0.05) is 0 Å². The third kappa shape index (κ3) is 2.87. The second-order valence-electron chi connectivity index (χ2n) is 3.81. The summed E-state index contributed by atoms with van der Waals surface area (Å²) in [6.45, 7) is 3.62. The molecule has 2 rings (SSSR count). The van der Waals surface area contributed by atoms with Crippen molar-refractivity contribution in [3.63, 3.8) is 0 Å². The van der Waals surface area contributed by atoms with Crippen molar-refractivity contribution in [1.29, 1.82) is 0 Å². The Hall–Kier alpha value is -1.33. The van der Waals surface area contributed by atoms with Gasteiger partial charge < -0.3 is 14.6 Å². The van der Waals surface area contributed by atoms with E-state index < -0.39 is 0 Å². The fourth-order valence-corrected chi connectivity index (χ4v) is 2.45. The van der Waals surface area contributed by atoms with Crippen LogP contribution >= 0.6 is 11.3 Å². The normalized spacial score (nSPS) is 12.6. The van der Waals surface area contributed by atoms with E-state index in [9.17, 15) is 0 Å². The SMILES string of the molecule is COCCNc1nccn1C(C)c1ccsc1. The number of imidazole rings is 1. The Morgan fingerprint density at radius 3 is 3.18 bits per heavy atom. The second-order valence-corrected chi connectivity index (χ2v) is 4.59. The van der Waals surface area contributed by atoms with Crippen molar-refractivity contribution in [3.05, 3.63) is 34.8 Å². The van der Waals surface area contributed by atoms with Gasteiger partial charge in [-0.15, -0.1) is 0 Å². The summed E-state index contributed by atoms with van der Waals surface area (Å²) in [7, 11) is 1.70. The maximum absolute atomic E-state index is 5.01. The first-order valence-corrected chi connectivity index (χ1v) is 6.55. The summed E-state index contributed by atoms with van der Waals surface area (Å²) in [5, 5.41) is 7.54. The van der Waals surface area contributed by atoms with Crippen molar-refractivity contribution < 1.29 is 4.74 Å². The molecule has 0 aliphatic carbocycles. The standard InChI is InChI=1S/C12H17N3OS/c1-10(11-3-8-17-9-11)15-6-4-13-12(15)14-5-7-16-2/h3-4,6,8-10H,5,7H2,1-2H3,(H,13,14). The molecule has 0 saturated heterocycles. The molecule has 1 N–H and O–H groups in total. The van der Waals surface area contributed by atoms with Crippen molar-refractivity contribution in [2.75, 3.05) is 25.6 Å². The van der Waals surface area contributed by atoms with Crippen LogP contribution in [0.1, 0.15) is 18.5 Å². The van der Waals surface area contributed by atoms with E-state index in [0.29, 0.717) is 12.6 Å². The van der Waals surface area contributed by atoms with Crippen LogP contribution in [0.5, 0.6) is 0 Å². The van der Waals surface area contributed by atoms with Crippen LogP contribution in [0.3, 0.4) is 0 Å². The van der Waals surface area contributed by atoms with Crippen molar-refractivity contribution in [2.45, 2.75) is 13.0 Å². The van der Waals surface area contributed by atoms with E-state index >= 15 is 0 Å². The zero-order valence-electron chi connectivity index (χ0n) is 10.1. The number of anilines is 1. The molecule has 0 aliphatic heterocycles. The van der Waals surface area contributed by atoms with Crippen LogP contribution in [0.15, 0.2) is 29.2 Å². The van der Waals surface area contributed by atoms with Crippen molar-refractivity contribution in [3.8, 4) is 0 Å². The van der Waals surface area contributed by atoms with Crippen molar-refractivity contribution >= 4 is 17.3 Å². The molecule has 0 aliphatic rings. The average molecular weight is 251 g/mol. The van der Waals surface area contributed by atoms with Gasteiger partial charge in [0.2, 0.25) is 5.95 Å². The summed E-state index contributed by atoms with van der Waals surface area (Å²) >= 11 is 1.72. The Kier molecular flexibility index (Phi) is 4.17. The molecule has 1 unspecified atom stereocenters. The largest absolute Gasteiger partial charge is 0.383 e. The van der Waals surface area contributed by atoms with Gasteiger partial charge in [-0.3, -0.25) is 0 Å². The summed E-state index contributed by atoms with van der Waals surface area (Å²) < 4.78 is 7.15. The summed E-state index contributed by atoms with van der Waals surface area (Å²) in [4.78, 5) is 4.32. The van der Waals surface area contributed by atoms with Gasteiger partial charge in [-0.05, 0) is 29.3 Å². The van der Waals surface area contributed by atoms with Gasteiger partial charge in [0.05, 0.1) is 12.6 Å². The third-order valence-electron chi connectivity index (χ3n) is 2.70. The van der Waals surface area contributed by atoms with Gasteiger partial charge in [0, 0.05) is 26.0 Å². The number of rotatable bonds is 6. The number of hydrogen-bond acceptors (Lipinski definition) is 4. The highest BCUT2D eigenvalue weighted by Crippen LogP contribution is 2.23. The molecule has 92 valence electrons. The van der Waals surface area contributed by atoms with Crippen molar-refractivity contribution in [1.82, 2.24) is 9.55 Å². The van der Waals surface area contributed by atoms with Crippen LogP contribution in [0.25, 0.3) is 0 Å². The smallest absolute Gasteiger partial charge is 0.203 e. The molecule has 4 nitrogen and oxygen atoms in total. The van der Waals surface area contributed by atoms with E-state index in [1.165, 1.54) is 5.56 Å². The molecular formula is C12H17N3OS. The van der Waals surface area contributed by atoms with E-state index in [2.05, 4.69) is 38.6 Å². The summed E-state index contributed by atoms with van der Waals surface area (Å²) in [6.07, 6.45) is 3.81. The summed E-state index contributed by atoms with van der Waals surface area (Å²) in [5.41, 5.74) is 1.31. The Bertz CT molecular complexity index is 438. The maximum atomic E-state index is 5.01. The molecule has 0 aromatic carbocycles. The molecule has 0 saturated carbocycles. The van der Waals surface area contributed by atoms with Crippen molar-refractivity contribution in [2.24, 2.45) is 0 Å². The molecule has 0 amide bonds. The van der Waals surface area contributed by atoms with E-state index in [4.69, 9.17) is 4.74 Å². The van der Waals surface area contributed by atoms with Gasteiger partial charge in [0.15, 0.2) is 0 Å². The number of ether oxygens (including phenoxy) is 1. The first kappa shape index (κ1) is 12.1. The third-order valence-corrected chi connectivity index (χ3v) is 3.40. The summed E-state index contributed by atoms with van der Waals surface area (Å²) in [5.74, 6) is 0.890. The quantitative estimate of drug-likeness (QED) is 0.802. The second kappa shape index (κ2) is 5.84. The number of nitrogens with zero attached hydrogens (tertiary/aromatic N) is 2. The zero-order valence-corrected chi connectivity index (χ0v) is 10.9. The van der Waals surface area contributed by atoms with E-state index in [1.54, 1.807) is 18.4 Å². The highest BCUT2D eigenvalue weighted by molar-refractivity contribution is 7.07. The fourth-order valence-electron chi connectivity index (χ4n) is 1.70. The van der Waals surface area contributed by atoms with Gasteiger partial charge in [0.25, 0.3) is 0 Å². The van der Waals surface area contributed by atoms with Crippen LogP contribution in [-0.2, 0) is 4.74 Å². The topological polar surface area (TPSA) is 39.1 Å². The Labute approximate surface area is 105 Å². The predicted octanol–water partition coefficient (Wildman–Crippen LogP) is 2.61. The maximum Gasteiger partial charge on any atom is 0.203 e. The van der Waals surface area contributed by atoms with Crippen LogP contribution in [0.4, 0.5) is 5.95 Å². The number of thiophene rings is 1. The Morgan fingerprint density at radius 1 is 1.59 bits per heavy atom. The minimum atomic E-state index is 0.300. The molecule has 1 atom stereocenters. The molecule has 0 bridgehead atoms. The molecule has 0 spiro atoms. The molecule has 2 aromatic heterocycles. The number of methoxy groups -OCH3 is 1. The molecule has 17 heavy (non-hydrogen) atoms. The van der Waals surface area contributed by atoms with Crippen LogP contribution in [0, 0.1) is 0 Å². The van der Waals surface area contributed by atoms with Crippen LogP contribution < -0.4 is 5.32 Å². The zero-order chi connectivity index (χ0) is 12.1. The van der Waals surface area contributed by atoms with Gasteiger partial charge >= 0.3 is 0 Å². The molecule has 2 heterocycles. The average Bonchev–Trinajstić information content (AvgIpc) is 3.00. The predicted molar refractivity (Wildman–Crippen MR) is 70.7 cm³/mol. The lowest BCUT2D eigenvalue weighted by atomic mass is 10.2. The molecule has 5 heteroatoms. The minimum Gasteiger partial charge on any atom is -0.383 e. The highest BCUT2D eigenvalue weighted by Gasteiger charge is 2.11. The highest BCUT2D eigenvalue weighted by atomic mass is 32.1. The van der Waals surface area contributed by atoms with Gasteiger partial charge in [-0.25, -0.2) is 4.98 Å². The van der Waals surface area contributed by atoms with E-state index in [-0.39, 0.29) is 0 Å². The lowest BCUT2D eigenvalue weighted by Crippen LogP contribution is -2.14. The lowest BCUT2D eigenvalue weighted by molar-refractivity contribution is 0.210. The monoisotopic (exact) mass is 251 g/mol. The summed E-state index contributed by atoms with van der Waals surface area (Å²) in [6, 6.07) is 2.45. The lowest BCUT2D eigenvalue weighted by Gasteiger charge is -2.16. The number of nitrogens with one attached hydrogen (secondary N) is 1. The van der Waals surface area contributed by atoms with Gasteiger partial charge in [-0.2, -0.15) is 11.3 Å². The first-order valence-electron chi connectivity index (χ1n) is 5.60. The van der Waals surface area contributed by atoms with E-state index in [1.807, 2.05) is 12.4 Å². The molecule has 0 radical (unpaired) electrons. The number of aromatic nitrogens is 2. The first-order chi connectivity index (χ1) is 8.33. The molecule has 2 aromatic rings. The van der Waals surface area contributed by atoms with Gasteiger partial charge in [0.1, 0.15) is 0 Å². The minimum absolute atomic E-state index is 0.300. The van der Waals surface area contributed by atoms with Crippen LogP contribution in [0.2, 0.25) is 0 Å². The molecule has 0 fully saturated rings. The van der Waals surface area contributed by atoms with Crippen LogP contribution in [-0.4, -0.2) is 29.8 Å². The number of hydrogen-bond donors (Lipinski definition) is 1. The Balaban J connectivity index is 2.08. The Morgan fingerprint density at radius 2 is 2.47 bits per heavy atom. The van der Waals surface area contributed by atoms with E-state index in [0.717, 1.165) is 12.5 Å². The fraction of sp³-hybridized carbons (Fsp3) is 0.417. The molecular weight excluding hydrogens is 234 g/mol.